The Hall–Kier alpha value is -7.38. The molecule has 12 nitrogen and oxygen atoms in total. The summed E-state index contributed by atoms with van der Waals surface area (Å²) in [7, 11) is 0. The number of aromatic nitrogens is 4. The fourth-order valence-electron chi connectivity index (χ4n) is 6.93. The van der Waals surface area contributed by atoms with Crippen LogP contribution in [0.5, 0.6) is 0 Å². The second-order valence-corrected chi connectivity index (χ2v) is 13.2. The van der Waals surface area contributed by atoms with E-state index in [0.29, 0.717) is 22.5 Å². The molecule has 0 saturated heterocycles. The van der Waals surface area contributed by atoms with Crippen molar-refractivity contribution in [2.24, 2.45) is 9.98 Å². The van der Waals surface area contributed by atoms with E-state index >= 15 is 0 Å². The number of esters is 2. The van der Waals surface area contributed by atoms with Gasteiger partial charge < -0.3 is 18.9 Å². The van der Waals surface area contributed by atoms with E-state index in [0.717, 1.165) is 56.2 Å². The lowest BCUT2D eigenvalue weighted by Crippen LogP contribution is -2.15. The van der Waals surface area contributed by atoms with E-state index in [-0.39, 0.29) is 31.3 Å². The highest BCUT2D eigenvalue weighted by Crippen LogP contribution is 2.30. The molecule has 0 radical (unpaired) electrons. The normalized spacial score (nSPS) is 12.6. The van der Waals surface area contributed by atoms with Gasteiger partial charge in [0.25, 0.3) is 0 Å². The van der Waals surface area contributed by atoms with Crippen LogP contribution in [-0.2, 0) is 32.0 Å². The highest BCUT2D eigenvalue weighted by atomic mass is 16.8. The van der Waals surface area contributed by atoms with Crippen LogP contribution in [0.1, 0.15) is 76.9 Å². The second kappa shape index (κ2) is 15.8. The van der Waals surface area contributed by atoms with Crippen LogP contribution in [0.3, 0.4) is 0 Å². The number of ether oxygens (including phenoxy) is 4. The molecule has 6 aromatic rings. The Labute approximate surface area is 328 Å². The van der Waals surface area contributed by atoms with Crippen molar-refractivity contribution < 1.29 is 28.5 Å². The van der Waals surface area contributed by atoms with Crippen LogP contribution in [0.4, 0.5) is 0 Å². The average Bonchev–Trinajstić information content (AvgIpc) is 3.78. The van der Waals surface area contributed by atoms with Gasteiger partial charge in [0.15, 0.2) is 31.8 Å². The summed E-state index contributed by atoms with van der Waals surface area (Å²) in [6.45, 7) is 3.18. The molecule has 0 spiro atoms. The molecule has 2 aliphatic heterocycles. The maximum absolute atomic E-state index is 13.2. The summed E-state index contributed by atoms with van der Waals surface area (Å²) in [5, 5.41) is 0. The minimum atomic E-state index is -0.697. The highest BCUT2D eigenvalue weighted by Gasteiger charge is 2.28. The molecular formula is C45H34N6O6. The standard InChI is InChI=1S/C45H34N6O6/c1-5-30-15-17-36-34(19-30)40(32-13-9-7-11-28(32)3)46-21-38-42(48-23-50(36)38)44(52)56-26-54-25-55-27-57-45(53)43-39-22-47-41(33-14-10-8-12-29(33)4)35-20-31(6-2)16-18-37(35)51(39)24-49-43/h1-2,7-20,23-24H,21-22,25-27H2,3-4H3. The predicted octanol–water partition coefficient (Wildman–Crippen LogP) is 6.26. The molecule has 8 rings (SSSR count). The van der Waals surface area contributed by atoms with E-state index < -0.39 is 25.5 Å². The van der Waals surface area contributed by atoms with Gasteiger partial charge in [0.2, 0.25) is 0 Å². The average molecular weight is 755 g/mol. The van der Waals surface area contributed by atoms with Crippen molar-refractivity contribution >= 4 is 23.4 Å². The predicted molar refractivity (Wildman–Crippen MR) is 212 cm³/mol. The molecule has 0 bridgehead atoms. The third kappa shape index (κ3) is 7.03. The second-order valence-electron chi connectivity index (χ2n) is 13.2. The smallest absolute Gasteiger partial charge is 0.361 e. The van der Waals surface area contributed by atoms with E-state index in [2.05, 4.69) is 21.8 Å². The lowest BCUT2D eigenvalue weighted by atomic mass is 9.95. The maximum Gasteiger partial charge on any atom is 0.361 e. The van der Waals surface area contributed by atoms with Crippen LogP contribution < -0.4 is 0 Å². The Morgan fingerprint density at radius 2 is 1.05 bits per heavy atom. The SMILES string of the molecule is C#Cc1ccc2c(c1)C(c1ccccc1C)=NCc1c(C(=O)OCOCOCOC(=O)c3ncn4c3CN=C(c3ccccc3C)c3cc(C#C)ccc3-4)ncn1-2. The Balaban J connectivity index is 0.885. The van der Waals surface area contributed by atoms with Gasteiger partial charge in [-0.05, 0) is 61.4 Å². The first kappa shape index (κ1) is 36.6. The lowest BCUT2D eigenvalue weighted by Gasteiger charge is -2.14. The number of imidazole rings is 2. The van der Waals surface area contributed by atoms with Gasteiger partial charge >= 0.3 is 11.9 Å². The van der Waals surface area contributed by atoms with Gasteiger partial charge in [0, 0.05) is 33.4 Å². The number of aliphatic imine (C=N–C) groups is 2. The quantitative estimate of drug-likeness (QED) is 0.0694. The summed E-state index contributed by atoms with van der Waals surface area (Å²) in [5.41, 5.74) is 11.5. The fourth-order valence-corrected chi connectivity index (χ4v) is 6.93. The van der Waals surface area contributed by atoms with E-state index in [9.17, 15) is 9.59 Å². The van der Waals surface area contributed by atoms with E-state index in [1.165, 1.54) is 0 Å². The monoisotopic (exact) mass is 754 g/mol. The highest BCUT2D eigenvalue weighted by molar-refractivity contribution is 6.17. The number of nitrogens with zero attached hydrogens (tertiary/aromatic N) is 6. The molecule has 280 valence electrons. The number of hydrogen-bond donors (Lipinski definition) is 0. The zero-order valence-electron chi connectivity index (χ0n) is 31.1. The van der Waals surface area contributed by atoms with Gasteiger partial charge in [0.1, 0.15) is 12.7 Å². The van der Waals surface area contributed by atoms with Gasteiger partial charge in [-0.25, -0.2) is 19.6 Å². The van der Waals surface area contributed by atoms with Crippen molar-refractivity contribution in [2.45, 2.75) is 26.9 Å². The topological polar surface area (TPSA) is 131 Å². The Morgan fingerprint density at radius 1 is 0.614 bits per heavy atom. The van der Waals surface area contributed by atoms with Crippen molar-refractivity contribution in [1.82, 2.24) is 19.1 Å². The summed E-state index contributed by atoms with van der Waals surface area (Å²) >= 11 is 0. The number of carbonyl (C=O) groups excluding carboxylic acids is 2. The van der Waals surface area contributed by atoms with Crippen LogP contribution in [-0.4, -0.2) is 62.8 Å². The molecule has 0 N–H and O–H groups in total. The number of fused-ring (bicyclic) bond motifs is 6. The van der Waals surface area contributed by atoms with Crippen LogP contribution in [0.2, 0.25) is 0 Å². The maximum atomic E-state index is 13.2. The molecule has 0 unspecified atom stereocenters. The minimum absolute atomic E-state index is 0.101. The zero-order chi connectivity index (χ0) is 39.5. The Bertz CT molecular complexity index is 2540. The molecule has 0 aliphatic carbocycles. The third-order valence-corrected chi connectivity index (χ3v) is 9.76. The number of terminal acetylenes is 2. The van der Waals surface area contributed by atoms with Crippen LogP contribution in [0, 0.1) is 38.5 Å². The molecule has 4 aromatic carbocycles. The van der Waals surface area contributed by atoms with Gasteiger partial charge in [-0.2, -0.15) is 0 Å². The van der Waals surface area contributed by atoms with Crippen molar-refractivity contribution in [3.63, 3.8) is 0 Å². The van der Waals surface area contributed by atoms with Crippen LogP contribution in [0.15, 0.2) is 108 Å². The third-order valence-electron chi connectivity index (χ3n) is 9.76. The van der Waals surface area contributed by atoms with Crippen molar-refractivity contribution in [1.29, 1.82) is 0 Å². The first-order valence-electron chi connectivity index (χ1n) is 17.9. The molecule has 0 amide bonds. The molecule has 0 saturated carbocycles. The zero-order valence-corrected chi connectivity index (χ0v) is 31.1. The van der Waals surface area contributed by atoms with Crippen molar-refractivity contribution in [2.75, 3.05) is 20.4 Å². The number of aryl methyl sites for hydroxylation is 2. The van der Waals surface area contributed by atoms with Crippen LogP contribution >= 0.6 is 0 Å². The minimum Gasteiger partial charge on any atom is -0.434 e. The first-order chi connectivity index (χ1) is 27.9. The molecule has 12 heteroatoms. The number of rotatable bonds is 10. The van der Waals surface area contributed by atoms with Gasteiger partial charge in [-0.1, -0.05) is 60.4 Å². The first-order valence-corrected chi connectivity index (χ1v) is 17.9. The van der Waals surface area contributed by atoms with E-state index in [4.69, 9.17) is 41.8 Å². The molecule has 4 heterocycles. The van der Waals surface area contributed by atoms with Gasteiger partial charge in [0.05, 0.1) is 47.3 Å². The van der Waals surface area contributed by atoms with E-state index in [1.807, 2.05) is 108 Å². The number of carbonyl (C=O) groups is 2. The Kier molecular flexibility index (Phi) is 10.1. The summed E-state index contributed by atoms with van der Waals surface area (Å²) in [4.78, 5) is 45.0. The number of benzene rings is 4. The summed E-state index contributed by atoms with van der Waals surface area (Å²) in [6.07, 6.45) is 14.6. The summed E-state index contributed by atoms with van der Waals surface area (Å²) in [5.74, 6) is 4.00. The summed E-state index contributed by atoms with van der Waals surface area (Å²) in [6, 6.07) is 27.2. The molecule has 2 aliphatic rings. The molecule has 0 fully saturated rings. The number of hydrogen-bond acceptors (Lipinski definition) is 10. The van der Waals surface area contributed by atoms with Crippen LogP contribution in [0.25, 0.3) is 11.4 Å². The Morgan fingerprint density at radius 3 is 1.47 bits per heavy atom. The van der Waals surface area contributed by atoms with Gasteiger partial charge in [-0.15, -0.1) is 12.8 Å². The largest absolute Gasteiger partial charge is 0.434 e. The fraction of sp³-hybridized carbons (Fsp3) is 0.156. The molecular weight excluding hydrogens is 721 g/mol. The van der Waals surface area contributed by atoms with Crippen molar-refractivity contribution in [3.8, 4) is 36.1 Å². The van der Waals surface area contributed by atoms with Crippen molar-refractivity contribution in [3.05, 3.63) is 165 Å². The lowest BCUT2D eigenvalue weighted by molar-refractivity contribution is -0.146. The van der Waals surface area contributed by atoms with E-state index in [1.54, 1.807) is 12.7 Å². The van der Waals surface area contributed by atoms with Gasteiger partial charge in [-0.3, -0.25) is 19.1 Å². The molecule has 57 heavy (non-hydrogen) atoms. The summed E-state index contributed by atoms with van der Waals surface area (Å²) < 4.78 is 25.1. The molecule has 0 atom stereocenters. The molecule has 2 aromatic heterocycles.